The number of allylic oxidation sites excluding steroid dienone is 2. The molecule has 0 atom stereocenters. The molecule has 0 aliphatic heterocycles. The number of unbranched alkanes of at least 4 members (excludes halogenated alkanes) is 2. The van der Waals surface area contributed by atoms with Crippen LogP contribution in [0.5, 0.6) is 0 Å². The summed E-state index contributed by atoms with van der Waals surface area (Å²) in [5, 5.41) is 0. The van der Waals surface area contributed by atoms with E-state index in [4.69, 9.17) is 9.15 Å². The highest BCUT2D eigenvalue weighted by atomic mass is 16.6. The van der Waals surface area contributed by atoms with Crippen LogP contribution in [-0.2, 0) is 4.74 Å². The first kappa shape index (κ1) is 20.6. The van der Waals surface area contributed by atoms with E-state index in [2.05, 4.69) is 24.8 Å². The predicted octanol–water partition coefficient (Wildman–Crippen LogP) is 6.17. The van der Waals surface area contributed by atoms with E-state index < -0.39 is 5.60 Å². The van der Waals surface area contributed by atoms with Crippen LogP contribution in [0.25, 0.3) is 5.57 Å². The zero-order valence-corrected chi connectivity index (χ0v) is 16.9. The fourth-order valence-corrected chi connectivity index (χ4v) is 2.48. The maximum absolute atomic E-state index is 12.4. The average Bonchev–Trinajstić information content (AvgIpc) is 2.99. The molecule has 0 unspecified atom stereocenters. The standard InChI is InChI=1S/C24H28O3/c1-6-7-9-14-20(16-15-19-12-10-8-11-13-19)22-17-21(18(2)26-22)23(25)27-24(3,4)5/h8,10-14,17H,6-7,9H2,1-5H3/b20-14+. The molecule has 0 aliphatic carbocycles. The molecule has 1 aromatic heterocycles. The first-order chi connectivity index (χ1) is 12.8. The third-order valence-corrected chi connectivity index (χ3v) is 3.82. The first-order valence-corrected chi connectivity index (χ1v) is 9.41. The summed E-state index contributed by atoms with van der Waals surface area (Å²) in [4.78, 5) is 12.4. The van der Waals surface area contributed by atoms with Crippen LogP contribution < -0.4 is 0 Å². The lowest BCUT2D eigenvalue weighted by molar-refractivity contribution is 0.00678. The molecule has 27 heavy (non-hydrogen) atoms. The van der Waals surface area contributed by atoms with Gasteiger partial charge < -0.3 is 9.15 Å². The Balaban J connectivity index is 2.34. The van der Waals surface area contributed by atoms with Gasteiger partial charge in [0.2, 0.25) is 0 Å². The van der Waals surface area contributed by atoms with E-state index in [1.165, 1.54) is 0 Å². The molecule has 0 N–H and O–H groups in total. The summed E-state index contributed by atoms with van der Waals surface area (Å²) in [7, 11) is 0. The number of benzene rings is 1. The number of esters is 1. The van der Waals surface area contributed by atoms with Gasteiger partial charge in [-0.3, -0.25) is 0 Å². The van der Waals surface area contributed by atoms with Gasteiger partial charge in [0.15, 0.2) is 0 Å². The van der Waals surface area contributed by atoms with Crippen molar-refractivity contribution in [3.05, 3.63) is 65.1 Å². The number of carbonyl (C=O) groups is 1. The second-order valence-corrected chi connectivity index (χ2v) is 7.46. The minimum atomic E-state index is -0.548. The van der Waals surface area contributed by atoms with Gasteiger partial charge in [0, 0.05) is 5.56 Å². The second kappa shape index (κ2) is 9.28. The maximum Gasteiger partial charge on any atom is 0.342 e. The Hall–Kier alpha value is -2.73. The molecule has 3 nitrogen and oxygen atoms in total. The quantitative estimate of drug-likeness (QED) is 0.362. The Labute approximate surface area is 162 Å². The molecule has 142 valence electrons. The van der Waals surface area contributed by atoms with Crippen LogP contribution in [0.15, 0.2) is 46.9 Å². The number of ether oxygens (including phenoxy) is 1. The molecule has 0 amide bonds. The normalized spacial score (nSPS) is 11.7. The van der Waals surface area contributed by atoms with Gasteiger partial charge in [-0.15, -0.1) is 0 Å². The number of hydrogen-bond acceptors (Lipinski definition) is 3. The summed E-state index contributed by atoms with van der Waals surface area (Å²) in [6.07, 6.45) is 5.18. The molecular formula is C24H28O3. The summed E-state index contributed by atoms with van der Waals surface area (Å²) in [6, 6.07) is 11.6. The second-order valence-electron chi connectivity index (χ2n) is 7.46. The third kappa shape index (κ3) is 6.49. The van der Waals surface area contributed by atoms with Crippen LogP contribution in [0.1, 0.15) is 74.4 Å². The van der Waals surface area contributed by atoms with E-state index in [0.717, 1.165) is 30.4 Å². The maximum atomic E-state index is 12.4. The van der Waals surface area contributed by atoms with Gasteiger partial charge in [-0.2, -0.15) is 0 Å². The number of hydrogen-bond donors (Lipinski definition) is 0. The van der Waals surface area contributed by atoms with E-state index in [9.17, 15) is 4.79 Å². The summed E-state index contributed by atoms with van der Waals surface area (Å²) in [5.74, 6) is 7.15. The molecular weight excluding hydrogens is 336 g/mol. The zero-order chi connectivity index (χ0) is 19.9. The van der Waals surface area contributed by atoms with Crippen molar-refractivity contribution in [2.24, 2.45) is 0 Å². The highest BCUT2D eigenvalue weighted by Gasteiger charge is 2.22. The van der Waals surface area contributed by atoms with Crippen molar-refractivity contribution in [3.63, 3.8) is 0 Å². The fourth-order valence-electron chi connectivity index (χ4n) is 2.48. The van der Waals surface area contributed by atoms with Gasteiger partial charge >= 0.3 is 5.97 Å². The molecule has 1 aromatic carbocycles. The van der Waals surface area contributed by atoms with Crippen LogP contribution in [0.4, 0.5) is 0 Å². The Morgan fingerprint density at radius 2 is 1.93 bits per heavy atom. The van der Waals surface area contributed by atoms with Gasteiger partial charge in [0.1, 0.15) is 22.7 Å². The van der Waals surface area contributed by atoms with Gasteiger partial charge in [-0.05, 0) is 52.3 Å². The highest BCUT2D eigenvalue weighted by molar-refractivity contribution is 5.92. The topological polar surface area (TPSA) is 39.4 Å². The first-order valence-electron chi connectivity index (χ1n) is 9.41. The minimum Gasteiger partial charge on any atom is -0.460 e. The van der Waals surface area contributed by atoms with Crippen LogP contribution >= 0.6 is 0 Å². The van der Waals surface area contributed by atoms with E-state index in [1.807, 2.05) is 51.1 Å². The van der Waals surface area contributed by atoms with Crippen LogP contribution in [0.3, 0.4) is 0 Å². The summed E-state index contributed by atoms with van der Waals surface area (Å²) < 4.78 is 11.3. The van der Waals surface area contributed by atoms with E-state index in [1.54, 1.807) is 13.0 Å². The van der Waals surface area contributed by atoms with Crippen molar-refractivity contribution >= 4 is 11.5 Å². The minimum absolute atomic E-state index is 0.376. The average molecular weight is 364 g/mol. The lowest BCUT2D eigenvalue weighted by Crippen LogP contribution is -2.23. The van der Waals surface area contributed by atoms with Gasteiger partial charge in [-0.25, -0.2) is 4.79 Å². The molecule has 0 bridgehead atoms. The Kier molecular flexibility index (Phi) is 7.07. The molecule has 0 aliphatic rings. The van der Waals surface area contributed by atoms with Crippen LogP contribution in [-0.4, -0.2) is 11.6 Å². The van der Waals surface area contributed by atoms with E-state index in [0.29, 0.717) is 17.1 Å². The summed E-state index contributed by atoms with van der Waals surface area (Å²) >= 11 is 0. The van der Waals surface area contributed by atoms with Crippen molar-refractivity contribution in [1.29, 1.82) is 0 Å². The number of carbonyl (C=O) groups excluding carboxylic acids is 1. The van der Waals surface area contributed by atoms with Crippen molar-refractivity contribution in [2.45, 2.75) is 59.5 Å². The number of aryl methyl sites for hydroxylation is 1. The van der Waals surface area contributed by atoms with Crippen LogP contribution in [0, 0.1) is 18.8 Å². The predicted molar refractivity (Wildman–Crippen MR) is 109 cm³/mol. The molecule has 0 radical (unpaired) electrons. The molecule has 2 rings (SSSR count). The van der Waals surface area contributed by atoms with Gasteiger partial charge in [-0.1, -0.05) is 55.9 Å². The van der Waals surface area contributed by atoms with Gasteiger partial charge in [0.25, 0.3) is 0 Å². The molecule has 3 heteroatoms. The van der Waals surface area contributed by atoms with Crippen molar-refractivity contribution in [2.75, 3.05) is 0 Å². The molecule has 0 saturated heterocycles. The van der Waals surface area contributed by atoms with E-state index >= 15 is 0 Å². The van der Waals surface area contributed by atoms with Gasteiger partial charge in [0.05, 0.1) is 5.57 Å². The monoisotopic (exact) mass is 364 g/mol. The zero-order valence-electron chi connectivity index (χ0n) is 16.9. The lowest BCUT2D eigenvalue weighted by Gasteiger charge is -2.18. The Morgan fingerprint density at radius 3 is 2.56 bits per heavy atom. The third-order valence-electron chi connectivity index (χ3n) is 3.82. The SMILES string of the molecule is CCCC/C=C(\C#Cc1ccccc1)c1cc(C(=O)OC(C)(C)C)c(C)o1. The summed E-state index contributed by atoms with van der Waals surface area (Å²) in [6.45, 7) is 9.48. The highest BCUT2D eigenvalue weighted by Crippen LogP contribution is 2.24. The Bertz CT molecular complexity index is 853. The fraction of sp³-hybridized carbons (Fsp3) is 0.375. The lowest BCUT2D eigenvalue weighted by atomic mass is 10.1. The summed E-state index contributed by atoms with van der Waals surface area (Å²) in [5.41, 5.74) is 1.64. The largest absolute Gasteiger partial charge is 0.460 e. The Morgan fingerprint density at radius 1 is 1.22 bits per heavy atom. The molecule has 0 saturated carbocycles. The van der Waals surface area contributed by atoms with Crippen molar-refractivity contribution in [3.8, 4) is 11.8 Å². The van der Waals surface area contributed by atoms with Crippen molar-refractivity contribution < 1.29 is 13.9 Å². The van der Waals surface area contributed by atoms with Crippen LogP contribution in [0.2, 0.25) is 0 Å². The number of rotatable bonds is 5. The number of furan rings is 1. The van der Waals surface area contributed by atoms with Crippen molar-refractivity contribution in [1.82, 2.24) is 0 Å². The molecule has 0 spiro atoms. The molecule has 0 fully saturated rings. The smallest absolute Gasteiger partial charge is 0.342 e. The molecule has 2 aromatic rings. The van der Waals surface area contributed by atoms with E-state index in [-0.39, 0.29) is 5.97 Å². The molecule has 1 heterocycles.